The molecule has 4 aromatic heterocycles. The van der Waals surface area contributed by atoms with Crippen LogP contribution >= 0.6 is 12.6 Å². The zero-order valence-electron chi connectivity index (χ0n) is 36.8. The second-order valence-electron chi connectivity index (χ2n) is 18.4. The molecule has 0 amide bonds. The topological polar surface area (TPSA) is 35.1 Å². The number of hydrogen-bond acceptors (Lipinski definition) is 3. The van der Waals surface area contributed by atoms with Gasteiger partial charge in [0.1, 0.15) is 5.82 Å². The van der Waals surface area contributed by atoms with Crippen molar-refractivity contribution in [1.82, 2.24) is 18.9 Å². The fraction of sp³-hybridized carbons (Fsp3) is 0.186. The highest BCUT2D eigenvalue weighted by molar-refractivity contribution is 7.80. The fourth-order valence-corrected chi connectivity index (χ4v) is 12.1. The Balaban J connectivity index is 1.07. The number of rotatable bonds is 6. The summed E-state index contributed by atoms with van der Waals surface area (Å²) in [5.74, 6) is 0.221. The Morgan fingerprint density at radius 3 is 2.12 bits per heavy atom. The third-order valence-corrected chi connectivity index (χ3v) is 15.4. The first-order chi connectivity index (χ1) is 32.0. The summed E-state index contributed by atoms with van der Waals surface area (Å²) >= 11 is 5.03. The summed E-state index contributed by atoms with van der Waals surface area (Å²) in [6.45, 7) is 0. The van der Waals surface area contributed by atoms with Crippen LogP contribution in [0.25, 0.3) is 99.7 Å². The quantitative estimate of drug-likeness (QED) is 0.169. The van der Waals surface area contributed by atoms with Gasteiger partial charge in [0.2, 0.25) is 0 Å². The highest BCUT2D eigenvalue weighted by Gasteiger charge is 2.36. The highest BCUT2D eigenvalue weighted by Crippen LogP contribution is 2.52. The van der Waals surface area contributed by atoms with Crippen molar-refractivity contribution in [3.8, 4) is 50.6 Å². The van der Waals surface area contributed by atoms with Gasteiger partial charge in [-0.3, -0.25) is 9.55 Å². The van der Waals surface area contributed by atoms with E-state index >= 15 is 0 Å². The van der Waals surface area contributed by atoms with Gasteiger partial charge in [0.05, 0.1) is 39.0 Å². The molecule has 2 aliphatic carbocycles. The van der Waals surface area contributed by atoms with E-state index in [9.17, 15) is 1.37 Å². The van der Waals surface area contributed by atoms with Crippen LogP contribution in [-0.2, 0) is 0 Å². The van der Waals surface area contributed by atoms with Crippen LogP contribution in [0.4, 0.5) is 0 Å². The second-order valence-corrected chi connectivity index (χ2v) is 18.9. The van der Waals surface area contributed by atoms with Crippen molar-refractivity contribution in [3.05, 3.63) is 176 Å². The first-order valence-corrected chi connectivity index (χ1v) is 23.5. The molecule has 11 aromatic rings. The maximum atomic E-state index is 9.95. The Hall–Kier alpha value is -6.69. The Labute approximate surface area is 380 Å². The molecule has 4 nitrogen and oxygen atoms in total. The average Bonchev–Trinajstić information content (AvgIpc) is 4.03. The van der Waals surface area contributed by atoms with Crippen LogP contribution in [0.15, 0.2) is 175 Å². The molecule has 0 N–H and O–H groups in total. The molecular weight excluding hydrogens is 797 g/mol. The zero-order chi connectivity index (χ0) is 43.3. The smallest absolute Gasteiger partial charge is 0.146 e. The van der Waals surface area contributed by atoms with Gasteiger partial charge in [-0.15, -0.1) is 12.6 Å². The summed E-state index contributed by atoms with van der Waals surface area (Å²) in [4.78, 5) is 11.7. The van der Waals surface area contributed by atoms with E-state index in [0.29, 0.717) is 5.41 Å². The molecule has 7 aromatic carbocycles. The summed E-state index contributed by atoms with van der Waals surface area (Å²) in [7, 11) is 0. The monoisotopic (exact) mass is 845 g/mol. The molecular formula is C59H48N4S. The van der Waals surface area contributed by atoms with E-state index in [1.807, 2.05) is 18.3 Å². The van der Waals surface area contributed by atoms with Gasteiger partial charge in [-0.1, -0.05) is 135 Å². The second kappa shape index (κ2) is 15.0. The molecule has 5 heteroatoms. The average molecular weight is 846 g/mol. The normalized spacial score (nSPS) is 16.4. The molecule has 0 bridgehead atoms. The molecule has 0 radical (unpaired) electrons. The Morgan fingerprint density at radius 2 is 1.27 bits per heavy atom. The van der Waals surface area contributed by atoms with Gasteiger partial charge < -0.3 is 4.40 Å². The van der Waals surface area contributed by atoms with Crippen molar-refractivity contribution in [1.29, 1.82) is 0 Å². The molecule has 2 saturated carbocycles. The molecule has 310 valence electrons. The van der Waals surface area contributed by atoms with Crippen LogP contribution in [0.2, 0.25) is 0 Å². The molecule has 0 saturated heterocycles. The van der Waals surface area contributed by atoms with Crippen LogP contribution in [0.3, 0.4) is 0 Å². The molecule has 2 aliphatic rings. The fourth-order valence-electron chi connectivity index (χ4n) is 11.8. The van der Waals surface area contributed by atoms with Crippen molar-refractivity contribution in [3.63, 3.8) is 0 Å². The van der Waals surface area contributed by atoms with E-state index in [1.165, 1.54) is 64.7 Å². The van der Waals surface area contributed by atoms with Gasteiger partial charge in [0.25, 0.3) is 0 Å². The Morgan fingerprint density at radius 1 is 0.562 bits per heavy atom. The number of benzene rings is 7. The van der Waals surface area contributed by atoms with E-state index in [1.54, 1.807) is 0 Å². The Kier molecular flexibility index (Phi) is 8.59. The molecule has 0 aliphatic heterocycles. The minimum Gasteiger partial charge on any atom is -0.308 e. The predicted molar refractivity (Wildman–Crippen MR) is 269 cm³/mol. The number of thiol groups is 1. The standard InChI is InChI=1S/C59H48N4S/c64-54-26-10-7-19-46(54)58-61-56-44(20-14-25-52(56)63(58)50-23-8-5-17-42(50)39-15-3-1-4-16-39)48-35-41(49-36-40(29-34-60-49)38-27-32-59(33-28-38)30-11-2-12-31-59)37-53-55(48)47-22-13-21-45-43-18-6-9-24-51(43)62(53)57(45)47/h1,3-10,13-26,29,34-38,64H,2,11-12,27-28,30-33H2/i38D. The number of para-hydroxylation sites is 4. The molecule has 64 heavy (non-hydrogen) atoms. The first-order valence-electron chi connectivity index (χ1n) is 23.6. The van der Waals surface area contributed by atoms with Crippen molar-refractivity contribution in [2.75, 3.05) is 0 Å². The maximum absolute atomic E-state index is 9.95. The largest absolute Gasteiger partial charge is 0.308 e. The zero-order valence-corrected chi connectivity index (χ0v) is 36.7. The lowest BCUT2D eigenvalue weighted by molar-refractivity contribution is 0.114. The highest BCUT2D eigenvalue weighted by atomic mass is 32.1. The van der Waals surface area contributed by atoms with Gasteiger partial charge in [-0.05, 0) is 115 Å². The van der Waals surface area contributed by atoms with E-state index in [2.05, 4.69) is 161 Å². The van der Waals surface area contributed by atoms with E-state index in [4.69, 9.17) is 22.6 Å². The minimum atomic E-state index is -0.618. The van der Waals surface area contributed by atoms with Crippen LogP contribution < -0.4 is 0 Å². The SMILES string of the molecule is [2H]C1(c2ccnc(-c3cc(-c4cccc5c4nc(-c4ccccc4S)n5-c4ccccc4-c4ccccc4)c4c5cccc6c7ccccc7n(c4c3)c65)c2)CCC2(CCCCC2)CC1. The lowest BCUT2D eigenvalue weighted by Gasteiger charge is -2.43. The van der Waals surface area contributed by atoms with Gasteiger partial charge >= 0.3 is 0 Å². The summed E-state index contributed by atoms with van der Waals surface area (Å²) in [5, 5.41) is 4.91. The lowest BCUT2D eigenvalue weighted by Crippen LogP contribution is -2.29. The summed E-state index contributed by atoms with van der Waals surface area (Å²) in [5.41, 5.74) is 15.4. The number of aromatic nitrogens is 4. The number of nitrogens with zero attached hydrogens (tertiary/aromatic N) is 4. The Bertz CT molecular complexity index is 3620. The number of imidazole rings is 1. The molecule has 13 rings (SSSR count). The maximum Gasteiger partial charge on any atom is 0.146 e. The van der Waals surface area contributed by atoms with E-state index in [-0.39, 0.29) is 0 Å². The predicted octanol–water partition coefficient (Wildman–Crippen LogP) is 16.1. The molecule has 0 atom stereocenters. The molecule has 0 unspecified atom stereocenters. The van der Waals surface area contributed by atoms with Gasteiger partial charge in [-0.25, -0.2) is 4.98 Å². The number of fused-ring (bicyclic) bond motifs is 7. The number of pyridine rings is 1. The summed E-state index contributed by atoms with van der Waals surface area (Å²) in [6, 6.07) is 58.8. The lowest BCUT2D eigenvalue weighted by atomic mass is 9.62. The minimum absolute atomic E-state index is 0.444. The third kappa shape index (κ3) is 5.90. The molecule has 1 spiro atoms. The van der Waals surface area contributed by atoms with E-state index in [0.717, 1.165) is 103 Å². The first kappa shape index (κ1) is 36.8. The van der Waals surface area contributed by atoms with Crippen molar-refractivity contribution < 1.29 is 1.37 Å². The third-order valence-electron chi connectivity index (χ3n) is 15.0. The van der Waals surface area contributed by atoms with Crippen LogP contribution in [-0.4, -0.2) is 18.9 Å². The summed E-state index contributed by atoms with van der Waals surface area (Å²) < 4.78 is 14.8. The number of hydrogen-bond donors (Lipinski definition) is 1. The van der Waals surface area contributed by atoms with Crippen LogP contribution in [0, 0.1) is 5.41 Å². The van der Waals surface area contributed by atoms with Crippen molar-refractivity contribution in [2.45, 2.75) is 68.6 Å². The molecule has 2 fully saturated rings. The van der Waals surface area contributed by atoms with Crippen molar-refractivity contribution in [2.24, 2.45) is 5.41 Å². The van der Waals surface area contributed by atoms with Gasteiger partial charge in [0, 0.05) is 56.3 Å². The van der Waals surface area contributed by atoms with Gasteiger partial charge in [-0.2, -0.15) is 0 Å². The van der Waals surface area contributed by atoms with Crippen LogP contribution in [0.5, 0.6) is 0 Å². The van der Waals surface area contributed by atoms with Gasteiger partial charge in [0.15, 0.2) is 0 Å². The molecule has 4 heterocycles. The van der Waals surface area contributed by atoms with E-state index < -0.39 is 5.89 Å². The van der Waals surface area contributed by atoms with Crippen molar-refractivity contribution >= 4 is 61.8 Å². The van der Waals surface area contributed by atoms with Crippen LogP contribution in [0.1, 0.15) is 70.6 Å². The summed E-state index contributed by atoms with van der Waals surface area (Å²) in [6.07, 6.45) is 12.8.